The molecule has 0 saturated carbocycles. The van der Waals surface area contributed by atoms with Gasteiger partial charge in [-0.25, -0.2) is 15.6 Å². The molecule has 19 heavy (non-hydrogen) atoms. The van der Waals surface area contributed by atoms with Crippen LogP contribution in [0, 0.1) is 0 Å². The zero-order valence-electron chi connectivity index (χ0n) is 10.1. The number of halogens is 3. The van der Waals surface area contributed by atoms with E-state index in [1.54, 1.807) is 0 Å². The Morgan fingerprint density at radius 3 is 2.58 bits per heavy atom. The van der Waals surface area contributed by atoms with Crippen molar-refractivity contribution in [1.29, 1.82) is 0 Å². The molecule has 106 valence electrons. The minimum Gasteiger partial charge on any atom is -0.467 e. The lowest BCUT2D eigenvalue weighted by molar-refractivity contribution is -0.141. The average molecular weight is 279 g/mol. The number of nitrogen functional groups attached to an aromatic ring is 1. The van der Waals surface area contributed by atoms with Crippen LogP contribution in [0.25, 0.3) is 0 Å². The summed E-state index contributed by atoms with van der Waals surface area (Å²) >= 11 is 0. The number of hydrogen-bond donors (Lipinski definition) is 3. The summed E-state index contributed by atoms with van der Waals surface area (Å²) in [4.78, 5) is 18.0. The first-order chi connectivity index (χ1) is 8.77. The van der Waals surface area contributed by atoms with Crippen molar-refractivity contribution < 1.29 is 22.7 Å². The monoisotopic (exact) mass is 279 g/mol. The molecule has 0 radical (unpaired) electrons. The number of alkyl halides is 3. The van der Waals surface area contributed by atoms with E-state index in [1.165, 1.54) is 6.92 Å². The molecular formula is C9H12F3N5O2. The van der Waals surface area contributed by atoms with Crippen LogP contribution in [-0.2, 0) is 15.7 Å². The molecular weight excluding hydrogens is 267 g/mol. The Labute approximate surface area is 106 Å². The van der Waals surface area contributed by atoms with E-state index in [4.69, 9.17) is 5.84 Å². The van der Waals surface area contributed by atoms with Gasteiger partial charge in [0.05, 0.1) is 7.11 Å². The van der Waals surface area contributed by atoms with Crippen molar-refractivity contribution in [3.05, 3.63) is 11.8 Å². The Hall–Kier alpha value is -2.10. The molecule has 0 spiro atoms. The van der Waals surface area contributed by atoms with Crippen LogP contribution in [0.2, 0.25) is 0 Å². The number of methoxy groups -OCH3 is 1. The van der Waals surface area contributed by atoms with Gasteiger partial charge in [-0.3, -0.25) is 5.43 Å². The highest BCUT2D eigenvalue weighted by molar-refractivity contribution is 5.78. The van der Waals surface area contributed by atoms with Crippen LogP contribution in [0.3, 0.4) is 0 Å². The van der Waals surface area contributed by atoms with Crippen molar-refractivity contribution in [2.75, 3.05) is 17.9 Å². The van der Waals surface area contributed by atoms with Crippen LogP contribution in [0.4, 0.5) is 24.9 Å². The van der Waals surface area contributed by atoms with Crippen LogP contribution < -0.4 is 16.6 Å². The predicted molar refractivity (Wildman–Crippen MR) is 59.9 cm³/mol. The van der Waals surface area contributed by atoms with Crippen molar-refractivity contribution in [3.63, 3.8) is 0 Å². The van der Waals surface area contributed by atoms with Gasteiger partial charge in [-0.05, 0) is 6.92 Å². The minimum absolute atomic E-state index is 0.201. The number of anilines is 2. The first-order valence-corrected chi connectivity index (χ1v) is 5.05. The number of carbonyl (C=O) groups excluding carboxylic acids is 1. The second-order valence-corrected chi connectivity index (χ2v) is 3.49. The standard InChI is InChI=1S/C9H12F3N5O2/c1-4(7(18)19-2)14-6-3-5(9(10,11)12)15-8(16-6)17-13/h3-4H,13H2,1-2H3,(H2,14,15,16,17). The van der Waals surface area contributed by atoms with Gasteiger partial charge in [0.15, 0.2) is 5.69 Å². The van der Waals surface area contributed by atoms with Crippen molar-refractivity contribution in [1.82, 2.24) is 9.97 Å². The Kier molecular flexibility index (Phi) is 4.48. The summed E-state index contributed by atoms with van der Waals surface area (Å²) in [7, 11) is 1.16. The molecule has 7 nitrogen and oxygen atoms in total. The van der Waals surface area contributed by atoms with Gasteiger partial charge < -0.3 is 10.1 Å². The van der Waals surface area contributed by atoms with E-state index in [0.717, 1.165) is 7.11 Å². The number of ether oxygens (including phenoxy) is 1. The predicted octanol–water partition coefficient (Wildman–Crippen LogP) is 0.754. The van der Waals surface area contributed by atoms with Crippen LogP contribution in [0.5, 0.6) is 0 Å². The first-order valence-electron chi connectivity index (χ1n) is 5.05. The molecule has 0 aliphatic rings. The number of hydrazine groups is 1. The fourth-order valence-corrected chi connectivity index (χ4v) is 1.19. The molecule has 4 N–H and O–H groups in total. The first kappa shape index (κ1) is 15.0. The highest BCUT2D eigenvalue weighted by Gasteiger charge is 2.34. The van der Waals surface area contributed by atoms with E-state index in [0.29, 0.717) is 6.07 Å². The zero-order chi connectivity index (χ0) is 14.6. The molecule has 0 aliphatic carbocycles. The number of aromatic nitrogens is 2. The number of nitrogens with two attached hydrogens (primary N) is 1. The van der Waals surface area contributed by atoms with E-state index in [2.05, 4.69) is 20.0 Å². The molecule has 0 bridgehead atoms. The van der Waals surface area contributed by atoms with E-state index in [9.17, 15) is 18.0 Å². The quantitative estimate of drug-likeness (QED) is 0.424. The van der Waals surface area contributed by atoms with E-state index < -0.39 is 29.8 Å². The molecule has 0 amide bonds. The summed E-state index contributed by atoms with van der Waals surface area (Å²) in [5, 5.41) is 2.46. The number of carbonyl (C=O) groups is 1. The smallest absolute Gasteiger partial charge is 0.433 e. The molecule has 1 rings (SSSR count). The third-order valence-corrected chi connectivity index (χ3v) is 2.06. The maximum absolute atomic E-state index is 12.6. The summed E-state index contributed by atoms with van der Waals surface area (Å²) < 4.78 is 42.1. The Morgan fingerprint density at radius 1 is 1.47 bits per heavy atom. The maximum atomic E-state index is 12.6. The fraction of sp³-hybridized carbons (Fsp3) is 0.444. The largest absolute Gasteiger partial charge is 0.467 e. The fourth-order valence-electron chi connectivity index (χ4n) is 1.19. The van der Waals surface area contributed by atoms with Gasteiger partial charge in [0.25, 0.3) is 0 Å². The topological polar surface area (TPSA) is 102 Å². The normalized spacial score (nSPS) is 12.7. The Bertz CT molecular complexity index is 466. The van der Waals surface area contributed by atoms with E-state index in [-0.39, 0.29) is 5.82 Å². The van der Waals surface area contributed by atoms with E-state index >= 15 is 0 Å². The van der Waals surface area contributed by atoms with Crippen LogP contribution in [0.15, 0.2) is 6.07 Å². The molecule has 0 saturated heterocycles. The van der Waals surface area contributed by atoms with Crippen LogP contribution in [-0.4, -0.2) is 29.1 Å². The van der Waals surface area contributed by atoms with Crippen molar-refractivity contribution in [3.8, 4) is 0 Å². The van der Waals surface area contributed by atoms with E-state index in [1.807, 2.05) is 5.43 Å². The van der Waals surface area contributed by atoms with Gasteiger partial charge in [-0.2, -0.15) is 18.2 Å². The third kappa shape index (κ3) is 3.95. The number of nitrogens with one attached hydrogen (secondary N) is 2. The minimum atomic E-state index is -4.65. The molecule has 1 atom stereocenters. The average Bonchev–Trinajstić information content (AvgIpc) is 2.36. The second kappa shape index (κ2) is 5.69. The molecule has 10 heteroatoms. The van der Waals surface area contributed by atoms with Crippen molar-refractivity contribution in [2.24, 2.45) is 5.84 Å². The summed E-state index contributed by atoms with van der Waals surface area (Å²) in [6, 6.07) is -0.202. The lowest BCUT2D eigenvalue weighted by Crippen LogP contribution is -2.28. The zero-order valence-corrected chi connectivity index (χ0v) is 10.1. The van der Waals surface area contributed by atoms with Gasteiger partial charge in [0.2, 0.25) is 5.95 Å². The van der Waals surface area contributed by atoms with Crippen LogP contribution in [0.1, 0.15) is 12.6 Å². The molecule has 1 aromatic heterocycles. The molecule has 1 heterocycles. The Morgan fingerprint density at radius 2 is 2.11 bits per heavy atom. The third-order valence-electron chi connectivity index (χ3n) is 2.06. The molecule has 1 unspecified atom stereocenters. The van der Waals surface area contributed by atoms with Gasteiger partial charge in [0.1, 0.15) is 11.9 Å². The highest BCUT2D eigenvalue weighted by atomic mass is 19.4. The maximum Gasteiger partial charge on any atom is 0.433 e. The second-order valence-electron chi connectivity index (χ2n) is 3.49. The summed E-state index contributed by atoms with van der Waals surface area (Å²) in [6.07, 6.45) is -4.65. The van der Waals surface area contributed by atoms with Gasteiger partial charge >= 0.3 is 12.1 Å². The number of nitrogens with zero attached hydrogens (tertiary/aromatic N) is 2. The molecule has 0 aliphatic heterocycles. The molecule has 0 aromatic carbocycles. The van der Waals surface area contributed by atoms with Gasteiger partial charge in [-0.15, -0.1) is 0 Å². The highest BCUT2D eigenvalue weighted by Crippen LogP contribution is 2.29. The summed E-state index contributed by atoms with van der Waals surface area (Å²) in [5.74, 6) is 3.72. The van der Waals surface area contributed by atoms with Gasteiger partial charge in [0, 0.05) is 6.07 Å². The van der Waals surface area contributed by atoms with Gasteiger partial charge in [-0.1, -0.05) is 0 Å². The summed E-state index contributed by atoms with van der Waals surface area (Å²) in [5.41, 5.74) is 0.733. The number of esters is 1. The van der Waals surface area contributed by atoms with Crippen molar-refractivity contribution in [2.45, 2.75) is 19.1 Å². The number of hydrogen-bond acceptors (Lipinski definition) is 7. The number of rotatable bonds is 4. The lowest BCUT2D eigenvalue weighted by Gasteiger charge is -2.14. The Balaban J connectivity index is 3.04. The lowest BCUT2D eigenvalue weighted by atomic mass is 10.3. The molecule has 1 aromatic rings. The SMILES string of the molecule is COC(=O)C(C)Nc1cc(C(F)(F)F)nc(NN)n1. The molecule has 0 fully saturated rings. The summed E-state index contributed by atoms with van der Waals surface area (Å²) in [6.45, 7) is 1.41. The van der Waals surface area contributed by atoms with Crippen molar-refractivity contribution >= 4 is 17.7 Å². The van der Waals surface area contributed by atoms with Crippen LogP contribution >= 0.6 is 0 Å².